The first-order valence-corrected chi connectivity index (χ1v) is 5.82. The number of aromatic nitrogens is 1. The quantitative estimate of drug-likeness (QED) is 0.912. The van der Waals surface area contributed by atoms with E-state index >= 15 is 0 Å². The van der Waals surface area contributed by atoms with Gasteiger partial charge in [-0.2, -0.15) is 0 Å². The average Bonchev–Trinajstić information content (AvgIpc) is 2.59. The Labute approximate surface area is 102 Å². The summed E-state index contributed by atoms with van der Waals surface area (Å²) < 4.78 is 13.1. The van der Waals surface area contributed by atoms with E-state index in [2.05, 4.69) is 4.98 Å². The van der Waals surface area contributed by atoms with Crippen molar-refractivity contribution in [1.82, 2.24) is 4.98 Å². The van der Waals surface area contributed by atoms with Crippen LogP contribution in [0.5, 0.6) is 0 Å². The molecule has 17 heavy (non-hydrogen) atoms. The smallest absolute Gasteiger partial charge is 0.309 e. The summed E-state index contributed by atoms with van der Waals surface area (Å²) in [6, 6.07) is 6.12. The van der Waals surface area contributed by atoms with Crippen LogP contribution in [0.1, 0.15) is 10.6 Å². The van der Waals surface area contributed by atoms with Crippen LogP contribution in [0.3, 0.4) is 0 Å². The number of aliphatic carboxylic acids is 1. The van der Waals surface area contributed by atoms with E-state index in [0.29, 0.717) is 16.3 Å². The van der Waals surface area contributed by atoms with Crippen molar-refractivity contribution >= 4 is 17.3 Å². The molecule has 0 amide bonds. The second-order valence-corrected chi connectivity index (χ2v) is 4.81. The van der Waals surface area contributed by atoms with Crippen LogP contribution in [0.4, 0.5) is 4.39 Å². The SMILES string of the molecule is Cc1sc(-c2cccc(F)c2)nc1CC(=O)O. The summed E-state index contributed by atoms with van der Waals surface area (Å²) in [4.78, 5) is 15.7. The summed E-state index contributed by atoms with van der Waals surface area (Å²) in [5.41, 5.74) is 1.22. The van der Waals surface area contributed by atoms with Crippen molar-refractivity contribution in [1.29, 1.82) is 0 Å². The molecule has 0 fully saturated rings. The number of carbonyl (C=O) groups is 1. The van der Waals surface area contributed by atoms with Crippen molar-refractivity contribution in [2.45, 2.75) is 13.3 Å². The molecule has 0 aliphatic carbocycles. The maximum atomic E-state index is 13.1. The van der Waals surface area contributed by atoms with Crippen molar-refractivity contribution in [3.05, 3.63) is 40.7 Å². The highest BCUT2D eigenvalue weighted by Crippen LogP contribution is 2.28. The highest BCUT2D eigenvalue weighted by atomic mass is 32.1. The maximum Gasteiger partial charge on any atom is 0.309 e. The zero-order valence-electron chi connectivity index (χ0n) is 9.11. The van der Waals surface area contributed by atoms with Crippen molar-refractivity contribution in [2.24, 2.45) is 0 Å². The van der Waals surface area contributed by atoms with Crippen molar-refractivity contribution < 1.29 is 14.3 Å². The number of benzene rings is 1. The van der Waals surface area contributed by atoms with E-state index in [4.69, 9.17) is 5.11 Å². The standard InChI is InChI=1S/C12H10FNO2S/c1-7-10(6-11(15)16)14-12(17-7)8-3-2-4-9(13)5-8/h2-5H,6H2,1H3,(H,15,16). The first-order chi connectivity index (χ1) is 8.06. The largest absolute Gasteiger partial charge is 0.481 e. The molecule has 88 valence electrons. The van der Waals surface area contributed by atoms with E-state index in [-0.39, 0.29) is 12.2 Å². The van der Waals surface area contributed by atoms with Gasteiger partial charge in [-0.05, 0) is 19.1 Å². The summed E-state index contributed by atoms with van der Waals surface area (Å²) >= 11 is 1.38. The molecule has 0 atom stereocenters. The van der Waals surface area contributed by atoms with Gasteiger partial charge in [-0.1, -0.05) is 12.1 Å². The van der Waals surface area contributed by atoms with Crippen molar-refractivity contribution in [3.63, 3.8) is 0 Å². The molecule has 1 aromatic heterocycles. The number of rotatable bonds is 3. The van der Waals surface area contributed by atoms with E-state index in [9.17, 15) is 9.18 Å². The third kappa shape index (κ3) is 2.68. The Morgan fingerprint density at radius 1 is 1.53 bits per heavy atom. The van der Waals surface area contributed by atoms with Crippen LogP contribution in [-0.4, -0.2) is 16.1 Å². The first-order valence-electron chi connectivity index (χ1n) is 5.00. The number of carboxylic acids is 1. The average molecular weight is 251 g/mol. The Morgan fingerprint density at radius 2 is 2.29 bits per heavy atom. The van der Waals surface area contributed by atoms with E-state index in [1.807, 2.05) is 6.92 Å². The number of hydrogen-bond donors (Lipinski definition) is 1. The minimum absolute atomic E-state index is 0.0996. The lowest BCUT2D eigenvalue weighted by Crippen LogP contribution is -2.01. The van der Waals surface area contributed by atoms with Crippen LogP contribution in [0, 0.1) is 12.7 Å². The number of thiazole rings is 1. The number of carboxylic acid groups (broad SMARTS) is 1. The molecule has 1 heterocycles. The summed E-state index contributed by atoms with van der Waals surface area (Å²) in [6.45, 7) is 1.82. The molecular weight excluding hydrogens is 241 g/mol. The van der Waals surface area contributed by atoms with Crippen molar-refractivity contribution in [2.75, 3.05) is 0 Å². The summed E-state index contributed by atoms with van der Waals surface area (Å²) in [5.74, 6) is -1.24. The van der Waals surface area contributed by atoms with Gasteiger partial charge in [0.25, 0.3) is 0 Å². The molecule has 3 nitrogen and oxygen atoms in total. The molecule has 0 saturated heterocycles. The van der Waals surface area contributed by atoms with Crippen LogP contribution >= 0.6 is 11.3 Å². The second-order valence-electron chi connectivity index (χ2n) is 3.60. The van der Waals surface area contributed by atoms with Gasteiger partial charge in [0.15, 0.2) is 0 Å². The fourth-order valence-electron chi connectivity index (χ4n) is 1.48. The summed E-state index contributed by atoms with van der Waals surface area (Å²) in [7, 11) is 0. The summed E-state index contributed by atoms with van der Waals surface area (Å²) in [6.07, 6.45) is -0.0996. The zero-order valence-corrected chi connectivity index (χ0v) is 9.92. The van der Waals surface area contributed by atoms with Gasteiger partial charge in [-0.3, -0.25) is 4.79 Å². The van der Waals surface area contributed by atoms with Gasteiger partial charge in [-0.25, -0.2) is 9.37 Å². The van der Waals surface area contributed by atoms with Crippen LogP contribution in [0.2, 0.25) is 0 Å². The van der Waals surface area contributed by atoms with E-state index in [0.717, 1.165) is 4.88 Å². The minimum atomic E-state index is -0.913. The molecule has 0 unspecified atom stereocenters. The van der Waals surface area contributed by atoms with Crippen LogP contribution in [0.25, 0.3) is 10.6 Å². The Morgan fingerprint density at radius 3 is 2.94 bits per heavy atom. The van der Waals surface area contributed by atoms with Gasteiger partial charge >= 0.3 is 5.97 Å². The second kappa shape index (κ2) is 4.63. The Hall–Kier alpha value is -1.75. The predicted octanol–water partition coefficient (Wildman–Crippen LogP) is 2.88. The highest BCUT2D eigenvalue weighted by molar-refractivity contribution is 7.15. The zero-order chi connectivity index (χ0) is 12.4. The lowest BCUT2D eigenvalue weighted by molar-refractivity contribution is -0.136. The van der Waals surface area contributed by atoms with Gasteiger partial charge in [0.1, 0.15) is 10.8 Å². The maximum absolute atomic E-state index is 13.1. The fraction of sp³-hybridized carbons (Fsp3) is 0.167. The van der Waals surface area contributed by atoms with Crippen molar-refractivity contribution in [3.8, 4) is 10.6 Å². The lowest BCUT2D eigenvalue weighted by Gasteiger charge is -1.95. The molecule has 1 N–H and O–H groups in total. The van der Waals surface area contributed by atoms with Crippen LogP contribution < -0.4 is 0 Å². The molecule has 0 spiro atoms. The predicted molar refractivity (Wildman–Crippen MR) is 63.6 cm³/mol. The molecule has 0 radical (unpaired) electrons. The number of hydrogen-bond acceptors (Lipinski definition) is 3. The molecule has 2 rings (SSSR count). The third-order valence-electron chi connectivity index (χ3n) is 2.28. The van der Waals surface area contributed by atoms with Gasteiger partial charge in [-0.15, -0.1) is 11.3 Å². The van der Waals surface area contributed by atoms with Gasteiger partial charge in [0.05, 0.1) is 12.1 Å². The molecule has 1 aromatic carbocycles. The molecule has 0 saturated carbocycles. The molecule has 2 aromatic rings. The van der Waals surface area contributed by atoms with E-state index < -0.39 is 5.97 Å². The van der Waals surface area contributed by atoms with Crippen LogP contribution in [-0.2, 0) is 11.2 Å². The first kappa shape index (κ1) is 11.7. The van der Waals surface area contributed by atoms with E-state index in [1.54, 1.807) is 12.1 Å². The third-order valence-corrected chi connectivity index (χ3v) is 3.35. The topological polar surface area (TPSA) is 50.2 Å². The molecule has 0 aliphatic rings. The van der Waals surface area contributed by atoms with E-state index in [1.165, 1.54) is 23.5 Å². The molecule has 0 bridgehead atoms. The number of nitrogens with zero attached hydrogens (tertiary/aromatic N) is 1. The minimum Gasteiger partial charge on any atom is -0.481 e. The Balaban J connectivity index is 2.37. The number of halogens is 1. The fourth-order valence-corrected chi connectivity index (χ4v) is 2.41. The molecule has 5 heteroatoms. The lowest BCUT2D eigenvalue weighted by atomic mass is 10.2. The molecular formula is C12H10FNO2S. The monoisotopic (exact) mass is 251 g/mol. The van der Waals surface area contributed by atoms with Gasteiger partial charge in [0.2, 0.25) is 0 Å². The molecule has 0 aliphatic heterocycles. The highest BCUT2D eigenvalue weighted by Gasteiger charge is 2.12. The van der Waals surface area contributed by atoms with Crippen LogP contribution in [0.15, 0.2) is 24.3 Å². The normalized spacial score (nSPS) is 10.5. The Bertz CT molecular complexity index is 565. The number of aryl methyl sites for hydroxylation is 1. The Kier molecular flexibility index (Phi) is 3.19. The van der Waals surface area contributed by atoms with Gasteiger partial charge in [0, 0.05) is 10.4 Å². The van der Waals surface area contributed by atoms with Gasteiger partial charge < -0.3 is 5.11 Å². The summed E-state index contributed by atoms with van der Waals surface area (Å²) in [5, 5.41) is 9.37.